The fourth-order valence-electron chi connectivity index (χ4n) is 3.09. The summed E-state index contributed by atoms with van der Waals surface area (Å²) in [4.78, 5) is 38.2. The van der Waals surface area contributed by atoms with Gasteiger partial charge in [0.25, 0.3) is 11.1 Å². The van der Waals surface area contributed by atoms with Crippen LogP contribution in [-0.4, -0.2) is 36.9 Å². The van der Waals surface area contributed by atoms with Crippen LogP contribution in [0, 0.1) is 5.82 Å². The van der Waals surface area contributed by atoms with Gasteiger partial charge in [-0.1, -0.05) is 18.2 Å². The molecule has 0 radical (unpaired) electrons. The molecule has 1 aliphatic heterocycles. The molecular formula is C23H18FN3O6S2. The van der Waals surface area contributed by atoms with E-state index in [1.165, 1.54) is 60.9 Å². The van der Waals surface area contributed by atoms with Crippen LogP contribution in [0.4, 0.5) is 14.9 Å². The van der Waals surface area contributed by atoms with Crippen molar-refractivity contribution in [3.8, 4) is 0 Å². The van der Waals surface area contributed by atoms with E-state index in [0.29, 0.717) is 23.1 Å². The van der Waals surface area contributed by atoms with E-state index in [1.54, 1.807) is 12.1 Å². The van der Waals surface area contributed by atoms with Gasteiger partial charge in [-0.3, -0.25) is 19.3 Å². The molecule has 0 aliphatic carbocycles. The first-order valence-corrected chi connectivity index (χ1v) is 12.4. The van der Waals surface area contributed by atoms with Gasteiger partial charge < -0.3 is 9.73 Å². The molecule has 180 valence electrons. The predicted molar refractivity (Wildman–Crippen MR) is 127 cm³/mol. The minimum Gasteiger partial charge on any atom is -0.468 e. The number of carbonyl (C=O) groups is 3. The first-order valence-electron chi connectivity index (χ1n) is 10.1. The maximum absolute atomic E-state index is 13.1. The number of thioether (sulfide) groups is 1. The fraction of sp³-hybridized carbons (Fsp3) is 0.0870. The second-order valence-electron chi connectivity index (χ2n) is 7.30. The maximum Gasteiger partial charge on any atom is 0.294 e. The lowest BCUT2D eigenvalue weighted by Gasteiger charge is -2.13. The Kier molecular flexibility index (Phi) is 7.15. The maximum atomic E-state index is 13.1. The zero-order chi connectivity index (χ0) is 25.0. The Bertz CT molecular complexity index is 1400. The summed E-state index contributed by atoms with van der Waals surface area (Å²) in [6.45, 7) is -0.601. The molecule has 0 spiro atoms. The van der Waals surface area contributed by atoms with Gasteiger partial charge in [0.2, 0.25) is 15.9 Å². The van der Waals surface area contributed by atoms with Crippen LogP contribution in [0.25, 0.3) is 6.08 Å². The molecule has 0 bridgehead atoms. The zero-order valence-corrected chi connectivity index (χ0v) is 19.6. The average molecular weight is 516 g/mol. The van der Waals surface area contributed by atoms with Crippen molar-refractivity contribution in [2.75, 3.05) is 11.9 Å². The molecule has 0 saturated carbocycles. The third-order valence-electron chi connectivity index (χ3n) is 4.79. The minimum atomic E-state index is -3.89. The number of sulfonamides is 1. The van der Waals surface area contributed by atoms with Gasteiger partial charge in [0.1, 0.15) is 18.1 Å². The van der Waals surface area contributed by atoms with Gasteiger partial charge in [-0.25, -0.2) is 17.5 Å². The number of nitrogens with one attached hydrogen (secondary N) is 2. The summed E-state index contributed by atoms with van der Waals surface area (Å²) < 4.78 is 45.7. The smallest absolute Gasteiger partial charge is 0.294 e. The molecule has 1 saturated heterocycles. The standard InChI is InChI=1S/C23H18FN3O6S2/c24-16-8-6-15(7-9-16)11-20-22(29)27(23(30)34-20)14-21(28)26-17-3-1-5-19(12-17)35(31,32)25-13-18-4-2-10-33-18/h1-12,25H,13-14H2,(H,26,28)/b20-11+. The van der Waals surface area contributed by atoms with Crippen LogP contribution in [0.15, 0.2) is 81.1 Å². The van der Waals surface area contributed by atoms with Crippen LogP contribution in [0.3, 0.4) is 0 Å². The van der Waals surface area contributed by atoms with E-state index in [4.69, 9.17) is 4.42 Å². The molecular weight excluding hydrogens is 497 g/mol. The van der Waals surface area contributed by atoms with E-state index in [9.17, 15) is 27.2 Å². The van der Waals surface area contributed by atoms with Crippen molar-refractivity contribution in [1.82, 2.24) is 9.62 Å². The molecule has 0 atom stereocenters. The van der Waals surface area contributed by atoms with Crippen LogP contribution >= 0.6 is 11.8 Å². The topological polar surface area (TPSA) is 126 Å². The van der Waals surface area contributed by atoms with Gasteiger partial charge in [0.15, 0.2) is 0 Å². The number of nitrogens with zero attached hydrogens (tertiary/aromatic N) is 1. The number of halogens is 1. The number of furan rings is 1. The molecule has 2 heterocycles. The number of benzene rings is 2. The molecule has 2 N–H and O–H groups in total. The lowest BCUT2D eigenvalue weighted by Crippen LogP contribution is -2.36. The first kappa shape index (κ1) is 24.4. The highest BCUT2D eigenvalue weighted by atomic mass is 32.2. The summed E-state index contributed by atoms with van der Waals surface area (Å²) in [5.74, 6) is -1.34. The van der Waals surface area contributed by atoms with Crippen molar-refractivity contribution in [3.63, 3.8) is 0 Å². The number of imide groups is 1. The van der Waals surface area contributed by atoms with Gasteiger partial charge in [-0.05, 0) is 65.9 Å². The molecule has 3 aromatic rings. The third kappa shape index (κ3) is 6.04. The number of hydrogen-bond acceptors (Lipinski definition) is 7. The lowest BCUT2D eigenvalue weighted by atomic mass is 10.2. The Hall–Kier alpha value is -3.74. The molecule has 3 amide bonds. The van der Waals surface area contributed by atoms with Crippen LogP contribution in [0.5, 0.6) is 0 Å². The third-order valence-corrected chi connectivity index (χ3v) is 7.09. The van der Waals surface area contributed by atoms with Gasteiger partial charge in [-0.15, -0.1) is 0 Å². The van der Waals surface area contributed by atoms with Gasteiger partial charge in [0, 0.05) is 5.69 Å². The number of amides is 3. The van der Waals surface area contributed by atoms with E-state index in [1.807, 2.05) is 0 Å². The van der Waals surface area contributed by atoms with Gasteiger partial charge in [-0.2, -0.15) is 0 Å². The molecule has 9 nitrogen and oxygen atoms in total. The number of anilines is 1. The van der Waals surface area contributed by atoms with Crippen molar-refractivity contribution in [2.45, 2.75) is 11.4 Å². The Labute approximate surface area is 204 Å². The molecule has 12 heteroatoms. The Morgan fingerprint density at radius 2 is 1.86 bits per heavy atom. The highest BCUT2D eigenvalue weighted by Gasteiger charge is 2.36. The Morgan fingerprint density at radius 3 is 2.57 bits per heavy atom. The van der Waals surface area contributed by atoms with Crippen molar-refractivity contribution >= 4 is 50.6 Å². The number of hydrogen-bond donors (Lipinski definition) is 2. The number of carbonyl (C=O) groups excluding carboxylic acids is 3. The van der Waals surface area contributed by atoms with Crippen molar-refractivity contribution in [2.24, 2.45) is 0 Å². The summed E-state index contributed by atoms with van der Waals surface area (Å²) in [7, 11) is -3.89. The van der Waals surface area contributed by atoms with Crippen LogP contribution < -0.4 is 10.0 Å². The summed E-state index contributed by atoms with van der Waals surface area (Å²) >= 11 is 0.669. The average Bonchev–Trinajstić information content (AvgIpc) is 3.44. The van der Waals surface area contributed by atoms with E-state index < -0.39 is 39.4 Å². The second-order valence-corrected chi connectivity index (χ2v) is 10.1. The predicted octanol–water partition coefficient (Wildman–Crippen LogP) is 3.57. The van der Waals surface area contributed by atoms with E-state index in [0.717, 1.165) is 4.90 Å². The second kappa shape index (κ2) is 10.3. The molecule has 1 fully saturated rings. The van der Waals surface area contributed by atoms with Crippen molar-refractivity contribution in [1.29, 1.82) is 0 Å². The fourth-order valence-corrected chi connectivity index (χ4v) is 4.97. The van der Waals surface area contributed by atoms with E-state index >= 15 is 0 Å². The minimum absolute atomic E-state index is 0.0451. The molecule has 35 heavy (non-hydrogen) atoms. The summed E-state index contributed by atoms with van der Waals surface area (Å²) in [5.41, 5.74) is 0.699. The normalized spacial score (nSPS) is 15.1. The summed E-state index contributed by atoms with van der Waals surface area (Å²) in [6.07, 6.45) is 2.86. The summed E-state index contributed by atoms with van der Waals surface area (Å²) in [5, 5.41) is 1.87. The van der Waals surface area contributed by atoms with Crippen LogP contribution in [-0.2, 0) is 26.2 Å². The van der Waals surface area contributed by atoms with Gasteiger partial charge in [0.05, 0.1) is 22.6 Å². The largest absolute Gasteiger partial charge is 0.468 e. The molecule has 1 aromatic heterocycles. The molecule has 4 rings (SSSR count). The van der Waals surface area contributed by atoms with Crippen molar-refractivity contribution < 1.29 is 31.6 Å². The van der Waals surface area contributed by atoms with Crippen molar-refractivity contribution in [3.05, 3.63) is 89.0 Å². The monoisotopic (exact) mass is 515 g/mol. The Morgan fingerprint density at radius 1 is 1.09 bits per heavy atom. The molecule has 2 aromatic carbocycles. The Balaban J connectivity index is 1.40. The quantitative estimate of drug-likeness (QED) is 0.439. The van der Waals surface area contributed by atoms with E-state index in [-0.39, 0.29) is 22.0 Å². The number of rotatable bonds is 8. The first-order chi connectivity index (χ1) is 16.7. The van der Waals surface area contributed by atoms with Crippen LogP contribution in [0.1, 0.15) is 11.3 Å². The van der Waals surface area contributed by atoms with Crippen LogP contribution in [0.2, 0.25) is 0 Å². The molecule has 1 aliphatic rings. The highest BCUT2D eigenvalue weighted by molar-refractivity contribution is 8.18. The SMILES string of the molecule is O=C(CN1C(=O)S/C(=C/c2ccc(F)cc2)C1=O)Nc1cccc(S(=O)(=O)NCc2ccco2)c1. The molecule has 0 unspecified atom stereocenters. The summed E-state index contributed by atoms with van der Waals surface area (Å²) in [6, 6.07) is 14.2. The van der Waals surface area contributed by atoms with Gasteiger partial charge >= 0.3 is 0 Å². The highest BCUT2D eigenvalue weighted by Crippen LogP contribution is 2.32. The lowest BCUT2D eigenvalue weighted by molar-refractivity contribution is -0.127. The zero-order valence-electron chi connectivity index (χ0n) is 17.9. The van der Waals surface area contributed by atoms with E-state index in [2.05, 4.69) is 10.0 Å².